The molecular weight excluding hydrogens is 198 g/mol. The van der Waals surface area contributed by atoms with Crippen molar-refractivity contribution in [1.82, 2.24) is 5.32 Å². The van der Waals surface area contributed by atoms with E-state index in [1.807, 2.05) is 0 Å². The van der Waals surface area contributed by atoms with Crippen molar-refractivity contribution >= 4 is 9.84 Å². The number of hydrogen-bond acceptors (Lipinski definition) is 3. The third-order valence-corrected chi connectivity index (χ3v) is 4.43. The minimum Gasteiger partial charge on any atom is -0.309 e. The van der Waals surface area contributed by atoms with Crippen LogP contribution in [0.1, 0.15) is 33.6 Å². The Balaban J connectivity index is 2.13. The molecular formula is C10H21NO2S. The molecule has 1 saturated heterocycles. The van der Waals surface area contributed by atoms with Crippen LogP contribution in [-0.4, -0.2) is 32.0 Å². The highest BCUT2D eigenvalue weighted by atomic mass is 32.2. The summed E-state index contributed by atoms with van der Waals surface area (Å²) in [7, 11) is -2.67. The zero-order valence-electron chi connectivity index (χ0n) is 9.29. The fourth-order valence-corrected chi connectivity index (χ4v) is 3.05. The monoisotopic (exact) mass is 219 g/mol. The van der Waals surface area contributed by atoms with Gasteiger partial charge in [-0.3, -0.25) is 0 Å². The first-order valence-corrected chi connectivity index (χ1v) is 7.17. The van der Waals surface area contributed by atoms with Gasteiger partial charge in [-0.15, -0.1) is 0 Å². The van der Waals surface area contributed by atoms with Gasteiger partial charge in [-0.1, -0.05) is 13.8 Å². The Hall–Kier alpha value is -0.0900. The second-order valence-electron chi connectivity index (χ2n) is 4.81. The van der Waals surface area contributed by atoms with Crippen LogP contribution < -0.4 is 5.32 Å². The Labute approximate surface area is 87.2 Å². The summed E-state index contributed by atoms with van der Waals surface area (Å²) in [6.07, 6.45) is 2.34. The SMILES string of the molecule is CC(C)CCC(C)NC1CS(=O)(=O)C1. The van der Waals surface area contributed by atoms with E-state index in [9.17, 15) is 8.42 Å². The van der Waals surface area contributed by atoms with Gasteiger partial charge in [-0.25, -0.2) is 8.42 Å². The standard InChI is InChI=1S/C10H21NO2S/c1-8(2)4-5-9(3)11-10-6-14(12,13)7-10/h8-11H,4-7H2,1-3H3. The van der Waals surface area contributed by atoms with Crippen LogP contribution in [0.25, 0.3) is 0 Å². The lowest BCUT2D eigenvalue weighted by Crippen LogP contribution is -2.53. The molecule has 0 amide bonds. The van der Waals surface area contributed by atoms with Crippen molar-refractivity contribution in [3.8, 4) is 0 Å². The average molecular weight is 219 g/mol. The van der Waals surface area contributed by atoms with Crippen molar-refractivity contribution in [2.45, 2.75) is 45.7 Å². The van der Waals surface area contributed by atoms with Gasteiger partial charge >= 0.3 is 0 Å². The van der Waals surface area contributed by atoms with E-state index in [-0.39, 0.29) is 6.04 Å². The smallest absolute Gasteiger partial charge is 0.153 e. The maximum Gasteiger partial charge on any atom is 0.153 e. The van der Waals surface area contributed by atoms with Crippen molar-refractivity contribution in [3.05, 3.63) is 0 Å². The molecule has 0 saturated carbocycles. The summed E-state index contributed by atoms with van der Waals surface area (Å²) >= 11 is 0. The molecule has 84 valence electrons. The molecule has 14 heavy (non-hydrogen) atoms. The quantitative estimate of drug-likeness (QED) is 0.755. The molecule has 0 aromatic rings. The zero-order chi connectivity index (χ0) is 10.8. The topological polar surface area (TPSA) is 46.2 Å². The fourth-order valence-electron chi connectivity index (χ4n) is 1.73. The van der Waals surface area contributed by atoms with E-state index in [4.69, 9.17) is 0 Å². The third-order valence-electron chi connectivity index (χ3n) is 2.61. The molecule has 1 aliphatic heterocycles. The Morgan fingerprint density at radius 3 is 2.21 bits per heavy atom. The predicted molar refractivity (Wildman–Crippen MR) is 59.1 cm³/mol. The molecule has 0 spiro atoms. The summed E-state index contributed by atoms with van der Waals surface area (Å²) in [5.41, 5.74) is 0. The number of rotatable bonds is 5. The van der Waals surface area contributed by atoms with Crippen LogP contribution in [0.15, 0.2) is 0 Å². The van der Waals surface area contributed by atoms with Gasteiger partial charge in [0.2, 0.25) is 0 Å². The summed E-state index contributed by atoms with van der Waals surface area (Å²) in [6.45, 7) is 6.55. The molecule has 0 aliphatic carbocycles. The van der Waals surface area contributed by atoms with Crippen molar-refractivity contribution in [3.63, 3.8) is 0 Å². The summed E-state index contributed by atoms with van der Waals surface area (Å²) in [5.74, 6) is 1.39. The van der Waals surface area contributed by atoms with Crippen LogP contribution in [0, 0.1) is 5.92 Å². The fraction of sp³-hybridized carbons (Fsp3) is 1.00. The second kappa shape index (κ2) is 4.62. The van der Waals surface area contributed by atoms with E-state index in [2.05, 4.69) is 26.1 Å². The van der Waals surface area contributed by atoms with Crippen LogP contribution in [0.5, 0.6) is 0 Å². The molecule has 1 unspecified atom stereocenters. The molecule has 1 aliphatic rings. The molecule has 0 bridgehead atoms. The van der Waals surface area contributed by atoms with Gasteiger partial charge in [-0.05, 0) is 25.7 Å². The van der Waals surface area contributed by atoms with Gasteiger partial charge in [-0.2, -0.15) is 0 Å². The van der Waals surface area contributed by atoms with Gasteiger partial charge in [0, 0.05) is 12.1 Å². The highest BCUT2D eigenvalue weighted by Gasteiger charge is 2.33. The highest BCUT2D eigenvalue weighted by Crippen LogP contribution is 2.13. The number of sulfone groups is 1. The minimum atomic E-state index is -2.67. The van der Waals surface area contributed by atoms with Crippen LogP contribution in [0.4, 0.5) is 0 Å². The van der Waals surface area contributed by atoms with Gasteiger partial charge in [0.15, 0.2) is 9.84 Å². The summed E-state index contributed by atoms with van der Waals surface area (Å²) in [4.78, 5) is 0. The molecule has 1 N–H and O–H groups in total. The maximum absolute atomic E-state index is 10.9. The first-order valence-electron chi connectivity index (χ1n) is 5.35. The molecule has 0 radical (unpaired) electrons. The van der Waals surface area contributed by atoms with Crippen LogP contribution in [0.3, 0.4) is 0 Å². The maximum atomic E-state index is 10.9. The van der Waals surface area contributed by atoms with Crippen molar-refractivity contribution in [2.75, 3.05) is 11.5 Å². The molecule has 0 aromatic heterocycles. The molecule has 0 aromatic carbocycles. The van der Waals surface area contributed by atoms with Gasteiger partial charge in [0.05, 0.1) is 11.5 Å². The summed E-state index contributed by atoms with van der Waals surface area (Å²) < 4.78 is 21.8. The lowest BCUT2D eigenvalue weighted by atomic mass is 10.0. The molecule has 3 nitrogen and oxygen atoms in total. The third kappa shape index (κ3) is 3.96. The summed E-state index contributed by atoms with van der Waals surface area (Å²) in [6, 6.07) is 0.653. The molecule has 1 atom stereocenters. The lowest BCUT2D eigenvalue weighted by molar-refractivity contribution is 0.410. The molecule has 1 heterocycles. The summed E-state index contributed by atoms with van der Waals surface area (Å²) in [5, 5.41) is 3.35. The van der Waals surface area contributed by atoms with Crippen molar-refractivity contribution in [2.24, 2.45) is 5.92 Å². The number of nitrogens with one attached hydrogen (secondary N) is 1. The van der Waals surface area contributed by atoms with E-state index >= 15 is 0 Å². The lowest BCUT2D eigenvalue weighted by Gasteiger charge is -2.30. The van der Waals surface area contributed by atoms with Crippen LogP contribution >= 0.6 is 0 Å². The average Bonchev–Trinajstić information content (AvgIpc) is 1.97. The largest absolute Gasteiger partial charge is 0.309 e. The highest BCUT2D eigenvalue weighted by molar-refractivity contribution is 7.92. The molecule has 1 fully saturated rings. The van der Waals surface area contributed by atoms with E-state index in [1.165, 1.54) is 6.42 Å². The van der Waals surface area contributed by atoms with E-state index < -0.39 is 9.84 Å². The van der Waals surface area contributed by atoms with E-state index in [0.29, 0.717) is 17.5 Å². The van der Waals surface area contributed by atoms with E-state index in [0.717, 1.165) is 12.3 Å². The Bertz CT molecular complexity index is 260. The first kappa shape index (κ1) is 12.0. The van der Waals surface area contributed by atoms with Gasteiger partial charge in [0.25, 0.3) is 0 Å². The number of hydrogen-bond donors (Lipinski definition) is 1. The minimum absolute atomic E-state index is 0.210. The second-order valence-corrected chi connectivity index (χ2v) is 6.97. The Morgan fingerprint density at radius 2 is 1.79 bits per heavy atom. The molecule has 4 heteroatoms. The van der Waals surface area contributed by atoms with Crippen molar-refractivity contribution < 1.29 is 8.42 Å². The first-order chi connectivity index (χ1) is 6.39. The zero-order valence-corrected chi connectivity index (χ0v) is 10.1. The Kier molecular flexibility index (Phi) is 3.95. The van der Waals surface area contributed by atoms with Gasteiger partial charge < -0.3 is 5.32 Å². The molecule has 1 rings (SSSR count). The van der Waals surface area contributed by atoms with Gasteiger partial charge in [0.1, 0.15) is 0 Å². The van der Waals surface area contributed by atoms with E-state index in [1.54, 1.807) is 0 Å². The van der Waals surface area contributed by atoms with Crippen molar-refractivity contribution in [1.29, 1.82) is 0 Å². The van der Waals surface area contributed by atoms with Crippen LogP contribution in [0.2, 0.25) is 0 Å². The normalized spacial score (nSPS) is 23.4. The Morgan fingerprint density at radius 1 is 1.21 bits per heavy atom. The van der Waals surface area contributed by atoms with Crippen LogP contribution in [-0.2, 0) is 9.84 Å². The predicted octanol–water partition coefficient (Wildman–Crippen LogP) is 1.20.